The van der Waals surface area contributed by atoms with Gasteiger partial charge in [-0.2, -0.15) is 0 Å². The van der Waals surface area contributed by atoms with Crippen LogP contribution in [0.25, 0.3) is 0 Å². The van der Waals surface area contributed by atoms with E-state index in [0.29, 0.717) is 13.2 Å². The number of carbonyl (C=O) groups is 2. The van der Waals surface area contributed by atoms with E-state index in [9.17, 15) is 9.59 Å². The van der Waals surface area contributed by atoms with Gasteiger partial charge in [-0.15, -0.1) is 0 Å². The first-order valence-electron chi connectivity index (χ1n) is 7.37. The maximum absolute atomic E-state index is 12.6. The second-order valence-electron chi connectivity index (χ2n) is 8.01. The summed E-state index contributed by atoms with van der Waals surface area (Å²) in [5.74, 6) is 0.0219. The van der Waals surface area contributed by atoms with E-state index in [4.69, 9.17) is 4.74 Å². The highest BCUT2D eigenvalue weighted by Crippen LogP contribution is 2.33. The maximum Gasteiger partial charge on any atom is 0.231 e. The molecule has 4 nitrogen and oxygen atoms in total. The maximum atomic E-state index is 12.6. The van der Waals surface area contributed by atoms with Crippen LogP contribution in [-0.4, -0.2) is 30.9 Å². The largest absolute Gasteiger partial charge is 0.379 e. The third-order valence-corrected chi connectivity index (χ3v) is 4.06. The van der Waals surface area contributed by atoms with E-state index in [2.05, 4.69) is 5.32 Å². The van der Waals surface area contributed by atoms with Crippen molar-refractivity contribution in [2.45, 2.75) is 60.9 Å². The lowest BCUT2D eigenvalue weighted by molar-refractivity contribution is -0.165. The van der Waals surface area contributed by atoms with Gasteiger partial charge in [0, 0.05) is 5.41 Å². The zero-order chi connectivity index (χ0) is 15.8. The summed E-state index contributed by atoms with van der Waals surface area (Å²) < 4.78 is 5.20. The lowest BCUT2D eigenvalue weighted by Gasteiger charge is -2.42. The van der Waals surface area contributed by atoms with Crippen molar-refractivity contribution in [1.82, 2.24) is 5.32 Å². The molecule has 1 rings (SSSR count). The van der Waals surface area contributed by atoms with Crippen LogP contribution in [0.3, 0.4) is 0 Å². The summed E-state index contributed by atoms with van der Waals surface area (Å²) in [6, 6.07) is -0.473. The predicted molar refractivity (Wildman–Crippen MR) is 79.4 cm³/mol. The van der Waals surface area contributed by atoms with E-state index in [1.807, 2.05) is 48.5 Å². The average molecular weight is 283 g/mol. The minimum atomic E-state index is -0.473. The van der Waals surface area contributed by atoms with Crippen LogP contribution in [0.2, 0.25) is 0 Å². The summed E-state index contributed by atoms with van der Waals surface area (Å²) in [5.41, 5.74) is -1.22. The molecule has 4 heteroatoms. The molecule has 0 radical (unpaired) electrons. The van der Waals surface area contributed by atoms with Gasteiger partial charge >= 0.3 is 0 Å². The number of hydrogen-bond acceptors (Lipinski definition) is 3. The molecule has 1 N–H and O–H groups in total. The molecule has 116 valence electrons. The zero-order valence-electron chi connectivity index (χ0n) is 13.9. The van der Waals surface area contributed by atoms with Crippen LogP contribution in [0.15, 0.2) is 0 Å². The van der Waals surface area contributed by atoms with E-state index >= 15 is 0 Å². The molecule has 1 atom stereocenters. The topological polar surface area (TPSA) is 55.4 Å². The van der Waals surface area contributed by atoms with Crippen LogP contribution in [0.5, 0.6) is 0 Å². The lowest BCUT2D eigenvalue weighted by atomic mass is 9.74. The molecule has 1 fully saturated rings. The number of carbonyl (C=O) groups excluding carboxylic acids is 2. The minimum absolute atomic E-state index is 0.0521. The van der Waals surface area contributed by atoms with Gasteiger partial charge in [0.2, 0.25) is 5.91 Å². The van der Waals surface area contributed by atoms with Gasteiger partial charge in [-0.3, -0.25) is 9.59 Å². The quantitative estimate of drug-likeness (QED) is 0.862. The van der Waals surface area contributed by atoms with Crippen molar-refractivity contribution in [3.05, 3.63) is 0 Å². The SMILES string of the molecule is CCC1(C(=O)N[C@H](C(=O)C(C)(C)C)C(C)(C)C)COC1. The third-order valence-electron chi connectivity index (χ3n) is 4.06. The first-order chi connectivity index (χ1) is 8.94. The van der Waals surface area contributed by atoms with Gasteiger partial charge in [0.1, 0.15) is 0 Å². The van der Waals surface area contributed by atoms with Crippen molar-refractivity contribution in [2.24, 2.45) is 16.2 Å². The van der Waals surface area contributed by atoms with Gasteiger partial charge < -0.3 is 10.1 Å². The number of rotatable bonds is 4. The second-order valence-corrected chi connectivity index (χ2v) is 8.01. The van der Waals surface area contributed by atoms with E-state index < -0.39 is 16.9 Å². The van der Waals surface area contributed by atoms with Crippen molar-refractivity contribution in [3.63, 3.8) is 0 Å². The van der Waals surface area contributed by atoms with Gasteiger partial charge in [0.05, 0.1) is 24.7 Å². The van der Waals surface area contributed by atoms with E-state index in [1.54, 1.807) is 0 Å². The Balaban J connectivity index is 2.92. The summed E-state index contributed by atoms with van der Waals surface area (Å²) in [4.78, 5) is 25.1. The molecule has 0 aromatic heterocycles. The third kappa shape index (κ3) is 3.40. The second kappa shape index (κ2) is 5.47. The van der Waals surface area contributed by atoms with Gasteiger partial charge in [-0.05, 0) is 11.8 Å². The Bertz CT molecular complexity index is 378. The molecular weight excluding hydrogens is 254 g/mol. The van der Waals surface area contributed by atoms with E-state index in [0.717, 1.165) is 6.42 Å². The molecule has 0 unspecified atom stereocenters. The number of ketones is 1. The molecule has 0 aromatic carbocycles. The normalized spacial score (nSPS) is 19.9. The summed E-state index contributed by atoms with van der Waals surface area (Å²) in [6.07, 6.45) is 0.736. The smallest absolute Gasteiger partial charge is 0.231 e. The summed E-state index contributed by atoms with van der Waals surface area (Å²) in [5, 5.41) is 2.99. The number of nitrogens with one attached hydrogen (secondary N) is 1. The van der Waals surface area contributed by atoms with Crippen LogP contribution in [-0.2, 0) is 14.3 Å². The molecule has 0 aliphatic carbocycles. The molecule has 1 aliphatic rings. The highest BCUT2D eigenvalue weighted by Gasteiger charge is 2.47. The van der Waals surface area contributed by atoms with E-state index in [1.165, 1.54) is 0 Å². The summed E-state index contributed by atoms with van der Waals surface area (Å²) in [7, 11) is 0. The Kier molecular flexibility index (Phi) is 4.69. The summed E-state index contributed by atoms with van der Waals surface area (Å²) in [6.45, 7) is 14.5. The van der Waals surface area contributed by atoms with Gasteiger partial charge in [0.15, 0.2) is 5.78 Å². The Hall–Kier alpha value is -0.900. The van der Waals surface area contributed by atoms with Crippen molar-refractivity contribution >= 4 is 11.7 Å². The Labute approximate surface area is 122 Å². The molecular formula is C16H29NO3. The molecule has 1 heterocycles. The highest BCUT2D eigenvalue weighted by molar-refractivity contribution is 5.94. The highest BCUT2D eigenvalue weighted by atomic mass is 16.5. The van der Waals surface area contributed by atoms with Crippen molar-refractivity contribution in [1.29, 1.82) is 0 Å². The molecule has 20 heavy (non-hydrogen) atoms. The van der Waals surface area contributed by atoms with Gasteiger partial charge in [-0.25, -0.2) is 0 Å². The van der Waals surface area contributed by atoms with Crippen molar-refractivity contribution < 1.29 is 14.3 Å². The summed E-state index contributed by atoms with van der Waals surface area (Å²) >= 11 is 0. The molecule has 1 amide bonds. The van der Waals surface area contributed by atoms with Gasteiger partial charge in [0.25, 0.3) is 0 Å². The first-order valence-corrected chi connectivity index (χ1v) is 7.37. The lowest BCUT2D eigenvalue weighted by Crippen LogP contribution is -2.60. The first kappa shape index (κ1) is 17.2. The Morgan fingerprint density at radius 3 is 1.90 bits per heavy atom. The fourth-order valence-corrected chi connectivity index (χ4v) is 2.24. The van der Waals surface area contributed by atoms with Crippen molar-refractivity contribution in [3.8, 4) is 0 Å². The van der Waals surface area contributed by atoms with Crippen LogP contribution < -0.4 is 5.32 Å². The molecule has 0 aromatic rings. The number of hydrogen-bond donors (Lipinski definition) is 1. The zero-order valence-corrected chi connectivity index (χ0v) is 13.9. The molecule has 0 saturated carbocycles. The van der Waals surface area contributed by atoms with Crippen LogP contribution in [0.1, 0.15) is 54.9 Å². The monoisotopic (exact) mass is 283 g/mol. The van der Waals surface area contributed by atoms with Crippen LogP contribution >= 0.6 is 0 Å². The molecule has 0 bridgehead atoms. The molecule has 0 spiro atoms. The standard InChI is InChI=1S/C16H29NO3/c1-8-16(9-20-10-16)13(19)17-11(14(2,3)4)12(18)15(5,6)7/h11H,8-10H2,1-7H3,(H,17,19)/t11-/m1/s1. The van der Waals surface area contributed by atoms with Crippen molar-refractivity contribution in [2.75, 3.05) is 13.2 Å². The van der Waals surface area contributed by atoms with Crippen LogP contribution in [0.4, 0.5) is 0 Å². The molecule has 1 aliphatic heterocycles. The number of amides is 1. The fraction of sp³-hybridized carbons (Fsp3) is 0.875. The average Bonchev–Trinajstić information content (AvgIpc) is 2.21. The molecule has 1 saturated heterocycles. The van der Waals surface area contributed by atoms with E-state index in [-0.39, 0.29) is 17.1 Å². The number of ether oxygens (including phenoxy) is 1. The van der Waals surface area contributed by atoms with Gasteiger partial charge in [-0.1, -0.05) is 48.5 Å². The number of Topliss-reactive ketones (excluding diaryl/α,β-unsaturated/α-hetero) is 1. The van der Waals surface area contributed by atoms with Crippen LogP contribution in [0, 0.1) is 16.2 Å². The predicted octanol–water partition coefficient (Wildman–Crippen LogP) is 2.56. The Morgan fingerprint density at radius 1 is 1.15 bits per heavy atom. The Morgan fingerprint density at radius 2 is 1.65 bits per heavy atom. The minimum Gasteiger partial charge on any atom is -0.379 e. The fourth-order valence-electron chi connectivity index (χ4n) is 2.24.